The van der Waals surface area contributed by atoms with Gasteiger partial charge in [0.1, 0.15) is 10.5 Å². The molecule has 2 heterocycles. The molecule has 86 valence electrons. The van der Waals surface area contributed by atoms with E-state index in [1.54, 1.807) is 13.2 Å². The number of nitrogens with two attached hydrogens (primary N) is 1. The molecule has 1 aromatic rings. The Balaban J connectivity index is 2.43. The first kappa shape index (κ1) is 11.5. The molecular weight excluding hydrogens is 292 g/mol. The Bertz CT molecular complexity index is 472. The van der Waals surface area contributed by atoms with Crippen LogP contribution >= 0.6 is 27.3 Å². The summed E-state index contributed by atoms with van der Waals surface area (Å²) < 4.78 is 0.920. The van der Waals surface area contributed by atoms with Crippen molar-refractivity contribution in [3.05, 3.63) is 15.0 Å². The van der Waals surface area contributed by atoms with Gasteiger partial charge in [0.2, 0.25) is 5.91 Å². The predicted molar refractivity (Wildman–Crippen MR) is 66.2 cm³/mol. The van der Waals surface area contributed by atoms with Crippen molar-refractivity contribution < 1.29 is 4.79 Å². The fraction of sp³-hybridized carbons (Fsp3) is 0.444. The number of hydrogen-bond acceptors (Lipinski definition) is 5. The number of hydrogen-bond donors (Lipinski definition) is 1. The Morgan fingerprint density at radius 2 is 2.38 bits per heavy atom. The second-order valence-electron chi connectivity index (χ2n) is 3.84. The van der Waals surface area contributed by atoms with Crippen LogP contribution in [0.3, 0.4) is 0 Å². The van der Waals surface area contributed by atoms with Crippen LogP contribution in [0.2, 0.25) is 0 Å². The van der Waals surface area contributed by atoms with E-state index < -0.39 is 5.54 Å². The number of carbonyl (C=O) groups is 1. The molecule has 1 aliphatic rings. The first-order chi connectivity index (χ1) is 7.42. The summed E-state index contributed by atoms with van der Waals surface area (Å²) in [5.41, 5.74) is 5.07. The Morgan fingerprint density at radius 1 is 1.69 bits per heavy atom. The maximum atomic E-state index is 11.7. The largest absolute Gasteiger partial charge is 0.369 e. The van der Waals surface area contributed by atoms with Crippen molar-refractivity contribution in [1.29, 1.82) is 0 Å². The van der Waals surface area contributed by atoms with Gasteiger partial charge in [-0.15, -0.1) is 11.3 Å². The summed E-state index contributed by atoms with van der Waals surface area (Å²) in [6.07, 6.45) is 2.00. The Hall–Kier alpha value is -0.950. The zero-order valence-electron chi connectivity index (χ0n) is 8.90. The van der Waals surface area contributed by atoms with Gasteiger partial charge >= 0.3 is 0 Å². The van der Waals surface area contributed by atoms with Crippen LogP contribution < -0.4 is 5.73 Å². The van der Waals surface area contributed by atoms with Crippen molar-refractivity contribution in [2.45, 2.75) is 18.9 Å². The maximum absolute atomic E-state index is 11.7. The number of aliphatic imine (C=N–C) groups is 1. The second-order valence-corrected chi connectivity index (χ2v) is 6.25. The summed E-state index contributed by atoms with van der Waals surface area (Å²) in [6.45, 7) is 1.87. The molecule has 0 unspecified atom stereocenters. The summed E-state index contributed by atoms with van der Waals surface area (Å²) >= 11 is 4.82. The van der Waals surface area contributed by atoms with Crippen LogP contribution in [-0.2, 0) is 10.3 Å². The number of thiazole rings is 1. The van der Waals surface area contributed by atoms with Gasteiger partial charge in [0, 0.05) is 7.05 Å². The topological polar surface area (TPSA) is 71.6 Å². The van der Waals surface area contributed by atoms with Crippen molar-refractivity contribution in [3.63, 3.8) is 0 Å². The Morgan fingerprint density at radius 3 is 2.88 bits per heavy atom. The molecular formula is C9H11BrN4OS. The fourth-order valence-electron chi connectivity index (χ4n) is 1.54. The van der Waals surface area contributed by atoms with Crippen LogP contribution in [0.5, 0.6) is 0 Å². The molecule has 16 heavy (non-hydrogen) atoms. The number of nitrogens with zero attached hydrogens (tertiary/aromatic N) is 3. The van der Waals surface area contributed by atoms with Crippen LogP contribution in [-0.4, -0.2) is 28.8 Å². The minimum Gasteiger partial charge on any atom is -0.369 e. The lowest BCUT2D eigenvalue weighted by Crippen LogP contribution is -2.47. The van der Waals surface area contributed by atoms with Crippen LogP contribution in [0.1, 0.15) is 18.4 Å². The lowest BCUT2D eigenvalue weighted by molar-refractivity contribution is -0.128. The van der Waals surface area contributed by atoms with Gasteiger partial charge in [-0.3, -0.25) is 9.69 Å². The molecule has 0 aromatic carbocycles. The highest BCUT2D eigenvalue weighted by atomic mass is 79.9. The van der Waals surface area contributed by atoms with Crippen molar-refractivity contribution in [2.24, 2.45) is 10.7 Å². The van der Waals surface area contributed by atoms with Crippen LogP contribution in [0.25, 0.3) is 0 Å². The van der Waals surface area contributed by atoms with Crippen LogP contribution in [0.4, 0.5) is 0 Å². The zero-order chi connectivity index (χ0) is 11.9. The lowest BCUT2D eigenvalue weighted by Gasteiger charge is -2.31. The molecule has 0 radical (unpaired) electrons. The molecule has 0 aliphatic carbocycles. The molecule has 0 bridgehead atoms. The summed E-state index contributed by atoms with van der Waals surface area (Å²) in [7, 11) is 1.62. The minimum atomic E-state index is -0.635. The zero-order valence-corrected chi connectivity index (χ0v) is 11.3. The van der Waals surface area contributed by atoms with Crippen LogP contribution in [0.15, 0.2) is 15.0 Å². The molecule has 0 spiro atoms. The van der Waals surface area contributed by atoms with Gasteiger partial charge in [-0.25, -0.2) is 9.98 Å². The van der Waals surface area contributed by atoms with Crippen molar-refractivity contribution in [2.75, 3.05) is 7.05 Å². The highest BCUT2D eigenvalue weighted by molar-refractivity contribution is 9.11. The Kier molecular flexibility index (Phi) is 2.75. The number of carbonyl (C=O) groups excluding carboxylic acids is 1. The van der Waals surface area contributed by atoms with Crippen molar-refractivity contribution >= 4 is 39.1 Å². The average Bonchev–Trinajstić information content (AvgIpc) is 2.62. The second kappa shape index (κ2) is 3.81. The van der Waals surface area contributed by atoms with E-state index in [-0.39, 0.29) is 11.9 Å². The monoisotopic (exact) mass is 302 g/mol. The molecule has 0 saturated carbocycles. The molecule has 2 N–H and O–H groups in total. The minimum absolute atomic E-state index is 0.0404. The average molecular weight is 303 g/mol. The normalized spacial score (nSPS) is 25.8. The quantitative estimate of drug-likeness (QED) is 0.850. The first-order valence-electron chi connectivity index (χ1n) is 4.66. The van der Waals surface area contributed by atoms with E-state index in [0.29, 0.717) is 6.42 Å². The number of halogens is 1. The van der Waals surface area contributed by atoms with E-state index in [9.17, 15) is 4.79 Å². The van der Waals surface area contributed by atoms with E-state index in [1.165, 1.54) is 16.2 Å². The standard InChI is InChI=1S/C9H11BrN4OS/c1-9(7-12-4-5(10)16-7)3-6(15)14(2)8(11)13-9/h4H,3H2,1-2H3,(H2,11,13)/t9-/m0/s1. The van der Waals surface area contributed by atoms with Gasteiger partial charge in [-0.05, 0) is 22.9 Å². The van der Waals surface area contributed by atoms with E-state index in [1.807, 2.05) is 6.92 Å². The molecule has 1 aromatic heterocycles. The molecule has 0 fully saturated rings. The molecule has 1 atom stereocenters. The first-order valence-corrected chi connectivity index (χ1v) is 6.27. The molecule has 1 amide bonds. The molecule has 2 rings (SSSR count). The van der Waals surface area contributed by atoms with Gasteiger partial charge in [0.15, 0.2) is 5.96 Å². The molecule has 1 aliphatic heterocycles. The van der Waals surface area contributed by atoms with Crippen molar-refractivity contribution in [1.82, 2.24) is 9.88 Å². The van der Waals surface area contributed by atoms with E-state index in [0.717, 1.165) is 8.79 Å². The highest BCUT2D eigenvalue weighted by Crippen LogP contribution is 2.36. The summed E-state index contributed by atoms with van der Waals surface area (Å²) in [5, 5.41) is 0.795. The van der Waals surface area contributed by atoms with Gasteiger partial charge in [-0.2, -0.15) is 0 Å². The summed E-state index contributed by atoms with van der Waals surface area (Å²) in [4.78, 5) is 21.7. The summed E-state index contributed by atoms with van der Waals surface area (Å²) in [6, 6.07) is 0. The van der Waals surface area contributed by atoms with E-state index >= 15 is 0 Å². The number of guanidine groups is 1. The third kappa shape index (κ3) is 1.84. The third-order valence-corrected chi connectivity index (χ3v) is 4.24. The van der Waals surface area contributed by atoms with Gasteiger partial charge in [0.25, 0.3) is 0 Å². The number of aromatic nitrogens is 1. The van der Waals surface area contributed by atoms with Gasteiger partial charge in [0.05, 0.1) is 16.4 Å². The predicted octanol–water partition coefficient (Wildman–Crippen LogP) is 1.30. The van der Waals surface area contributed by atoms with Gasteiger partial charge < -0.3 is 5.73 Å². The van der Waals surface area contributed by atoms with Crippen LogP contribution in [0, 0.1) is 0 Å². The maximum Gasteiger partial charge on any atom is 0.231 e. The number of rotatable bonds is 1. The molecule has 0 saturated heterocycles. The fourth-order valence-corrected chi connectivity index (χ4v) is 2.83. The van der Waals surface area contributed by atoms with Gasteiger partial charge in [-0.1, -0.05) is 0 Å². The highest BCUT2D eigenvalue weighted by Gasteiger charge is 2.38. The van der Waals surface area contributed by atoms with E-state index in [2.05, 4.69) is 25.9 Å². The third-order valence-electron chi connectivity index (χ3n) is 2.51. The molecule has 7 heteroatoms. The van der Waals surface area contributed by atoms with Crippen molar-refractivity contribution in [3.8, 4) is 0 Å². The SMILES string of the molecule is CN1C(=O)C[C@@](C)(c2ncc(Br)s2)N=C1N. The van der Waals surface area contributed by atoms with E-state index in [4.69, 9.17) is 5.73 Å². The number of amides is 1. The Labute approximate surface area is 105 Å². The lowest BCUT2D eigenvalue weighted by atomic mass is 9.97. The molecule has 5 nitrogen and oxygen atoms in total. The summed E-state index contributed by atoms with van der Waals surface area (Å²) in [5.74, 6) is 0.200. The smallest absolute Gasteiger partial charge is 0.231 e.